The van der Waals surface area contributed by atoms with Crippen molar-refractivity contribution < 1.29 is 17.9 Å². The van der Waals surface area contributed by atoms with Gasteiger partial charge >= 0.3 is 0 Å². The lowest BCUT2D eigenvalue weighted by molar-refractivity contribution is 0.355. The smallest absolute Gasteiger partial charge is 0.265 e. The predicted octanol–water partition coefficient (Wildman–Crippen LogP) is 3.95. The third kappa shape index (κ3) is 4.34. The molecule has 0 aliphatic heterocycles. The second-order valence-corrected chi connectivity index (χ2v) is 7.67. The summed E-state index contributed by atoms with van der Waals surface area (Å²) >= 11 is 0. The van der Waals surface area contributed by atoms with Crippen LogP contribution in [0.4, 0.5) is 17.2 Å². The van der Waals surface area contributed by atoms with Crippen molar-refractivity contribution in [3.05, 3.63) is 66.4 Å². The molecular formula is C20H21N3O4S. The molecule has 3 rings (SSSR count). The lowest BCUT2D eigenvalue weighted by Crippen LogP contribution is -2.15. The first-order chi connectivity index (χ1) is 13.4. The molecule has 0 atom stereocenters. The SMILES string of the molecule is COc1ccc(Nc2ncccc2S(=O)(=O)Nc2ccc(C)cc2)cc1OC. The molecule has 28 heavy (non-hydrogen) atoms. The van der Waals surface area contributed by atoms with E-state index >= 15 is 0 Å². The lowest BCUT2D eigenvalue weighted by atomic mass is 10.2. The van der Waals surface area contributed by atoms with Gasteiger partial charge in [0, 0.05) is 23.6 Å². The molecule has 0 radical (unpaired) electrons. The van der Waals surface area contributed by atoms with Crippen molar-refractivity contribution in [3.8, 4) is 11.5 Å². The van der Waals surface area contributed by atoms with Gasteiger partial charge in [-0.15, -0.1) is 0 Å². The van der Waals surface area contributed by atoms with Crippen LogP contribution in [0, 0.1) is 6.92 Å². The highest BCUT2D eigenvalue weighted by molar-refractivity contribution is 7.92. The van der Waals surface area contributed by atoms with E-state index in [9.17, 15) is 8.42 Å². The number of sulfonamides is 1. The van der Waals surface area contributed by atoms with Crippen LogP contribution in [0.2, 0.25) is 0 Å². The first-order valence-corrected chi connectivity index (χ1v) is 9.95. The summed E-state index contributed by atoms with van der Waals surface area (Å²) < 4.78 is 38.9. The van der Waals surface area contributed by atoms with Gasteiger partial charge in [0.1, 0.15) is 4.90 Å². The molecule has 0 aliphatic rings. The van der Waals surface area contributed by atoms with Gasteiger partial charge in [0.25, 0.3) is 10.0 Å². The first-order valence-electron chi connectivity index (χ1n) is 8.46. The molecule has 8 heteroatoms. The minimum absolute atomic E-state index is 0.0327. The second-order valence-electron chi connectivity index (χ2n) is 6.02. The lowest BCUT2D eigenvalue weighted by Gasteiger charge is -2.14. The number of aromatic nitrogens is 1. The highest BCUT2D eigenvalue weighted by Crippen LogP contribution is 2.32. The quantitative estimate of drug-likeness (QED) is 0.625. The van der Waals surface area contributed by atoms with Crippen LogP contribution >= 0.6 is 0 Å². The molecule has 3 aromatic rings. The molecular weight excluding hydrogens is 378 g/mol. The molecule has 1 aromatic heterocycles. The van der Waals surface area contributed by atoms with Crippen LogP contribution < -0.4 is 19.5 Å². The number of hydrogen-bond acceptors (Lipinski definition) is 6. The summed E-state index contributed by atoms with van der Waals surface area (Å²) in [5.74, 6) is 1.29. The standard InChI is InChI=1S/C20H21N3O4S/c1-14-6-8-15(9-7-14)23-28(24,25)19-5-4-12-21-20(19)22-16-10-11-17(26-2)18(13-16)27-3/h4-13,23H,1-3H3,(H,21,22). The molecule has 2 N–H and O–H groups in total. The van der Waals surface area contributed by atoms with E-state index in [4.69, 9.17) is 9.47 Å². The minimum atomic E-state index is -3.84. The highest BCUT2D eigenvalue weighted by atomic mass is 32.2. The van der Waals surface area contributed by atoms with Crippen LogP contribution in [0.5, 0.6) is 11.5 Å². The van der Waals surface area contributed by atoms with Crippen molar-refractivity contribution in [2.24, 2.45) is 0 Å². The predicted molar refractivity (Wildman–Crippen MR) is 109 cm³/mol. The fourth-order valence-electron chi connectivity index (χ4n) is 2.58. The Morgan fingerprint density at radius 2 is 1.57 bits per heavy atom. The number of pyridine rings is 1. The molecule has 0 saturated heterocycles. The monoisotopic (exact) mass is 399 g/mol. The molecule has 1 heterocycles. The van der Waals surface area contributed by atoms with Gasteiger partial charge in [-0.3, -0.25) is 4.72 Å². The van der Waals surface area contributed by atoms with Crippen molar-refractivity contribution >= 4 is 27.2 Å². The minimum Gasteiger partial charge on any atom is -0.493 e. The Balaban J connectivity index is 1.91. The van der Waals surface area contributed by atoms with Crippen molar-refractivity contribution in [2.75, 3.05) is 24.3 Å². The van der Waals surface area contributed by atoms with E-state index in [-0.39, 0.29) is 10.7 Å². The Labute approximate surface area is 164 Å². The summed E-state index contributed by atoms with van der Waals surface area (Å²) in [4.78, 5) is 4.22. The van der Waals surface area contributed by atoms with E-state index < -0.39 is 10.0 Å². The third-order valence-electron chi connectivity index (χ3n) is 4.01. The van der Waals surface area contributed by atoms with E-state index in [1.54, 1.807) is 43.5 Å². The normalized spacial score (nSPS) is 11.0. The number of aryl methyl sites for hydroxylation is 1. The van der Waals surface area contributed by atoms with Gasteiger partial charge in [-0.2, -0.15) is 0 Å². The average Bonchev–Trinajstić information content (AvgIpc) is 2.70. The van der Waals surface area contributed by atoms with Gasteiger partial charge in [0.05, 0.1) is 14.2 Å². The zero-order valence-corrected chi connectivity index (χ0v) is 16.6. The third-order valence-corrected chi connectivity index (χ3v) is 5.42. The molecule has 0 saturated carbocycles. The Hall–Kier alpha value is -3.26. The Morgan fingerprint density at radius 3 is 2.25 bits per heavy atom. The maximum absolute atomic E-state index is 12.9. The summed E-state index contributed by atoms with van der Waals surface area (Å²) in [6.45, 7) is 1.94. The Kier molecular flexibility index (Phi) is 5.70. The maximum Gasteiger partial charge on any atom is 0.265 e. The summed E-state index contributed by atoms with van der Waals surface area (Å²) in [5, 5.41) is 3.03. The van der Waals surface area contributed by atoms with Gasteiger partial charge in [-0.1, -0.05) is 17.7 Å². The molecule has 2 aromatic carbocycles. The van der Waals surface area contributed by atoms with E-state index in [1.807, 2.05) is 19.1 Å². The topological polar surface area (TPSA) is 89.5 Å². The van der Waals surface area contributed by atoms with E-state index in [0.717, 1.165) is 5.56 Å². The van der Waals surface area contributed by atoms with Crippen LogP contribution in [-0.2, 0) is 10.0 Å². The first kappa shape index (κ1) is 19.5. The molecule has 0 spiro atoms. The molecule has 0 bridgehead atoms. The number of rotatable bonds is 7. The van der Waals surface area contributed by atoms with Crippen LogP contribution in [-0.4, -0.2) is 27.6 Å². The van der Waals surface area contributed by atoms with Crippen LogP contribution in [0.25, 0.3) is 0 Å². The number of nitrogens with zero attached hydrogens (tertiary/aromatic N) is 1. The molecule has 0 aliphatic carbocycles. The Morgan fingerprint density at radius 1 is 0.893 bits per heavy atom. The zero-order valence-electron chi connectivity index (χ0n) is 15.8. The van der Waals surface area contributed by atoms with Crippen LogP contribution in [0.3, 0.4) is 0 Å². The van der Waals surface area contributed by atoms with E-state index in [1.165, 1.54) is 19.4 Å². The number of methoxy groups -OCH3 is 2. The van der Waals surface area contributed by atoms with Crippen molar-refractivity contribution in [2.45, 2.75) is 11.8 Å². The van der Waals surface area contributed by atoms with E-state index in [2.05, 4.69) is 15.0 Å². The summed E-state index contributed by atoms with van der Waals surface area (Å²) in [7, 11) is -0.758. The number of anilines is 3. The van der Waals surface area contributed by atoms with Gasteiger partial charge in [-0.05, 0) is 43.3 Å². The van der Waals surface area contributed by atoms with E-state index in [0.29, 0.717) is 22.9 Å². The average molecular weight is 399 g/mol. The molecule has 0 amide bonds. The number of ether oxygens (including phenoxy) is 2. The number of hydrogen-bond donors (Lipinski definition) is 2. The second kappa shape index (κ2) is 8.18. The fourth-order valence-corrected chi connectivity index (χ4v) is 3.76. The number of benzene rings is 2. The van der Waals surface area contributed by atoms with Crippen LogP contribution in [0.1, 0.15) is 5.56 Å². The van der Waals surface area contributed by atoms with Gasteiger partial charge in [-0.25, -0.2) is 13.4 Å². The van der Waals surface area contributed by atoms with Gasteiger partial charge in [0.2, 0.25) is 0 Å². The Bertz CT molecular complexity index is 1070. The van der Waals surface area contributed by atoms with Crippen LogP contribution in [0.15, 0.2) is 65.7 Å². The number of nitrogens with one attached hydrogen (secondary N) is 2. The molecule has 7 nitrogen and oxygen atoms in total. The molecule has 146 valence electrons. The fraction of sp³-hybridized carbons (Fsp3) is 0.150. The van der Waals surface area contributed by atoms with Crippen molar-refractivity contribution in [3.63, 3.8) is 0 Å². The highest BCUT2D eigenvalue weighted by Gasteiger charge is 2.20. The largest absolute Gasteiger partial charge is 0.493 e. The van der Waals surface area contributed by atoms with Crippen molar-refractivity contribution in [1.29, 1.82) is 0 Å². The summed E-state index contributed by atoms with van der Waals surface area (Å²) in [6, 6.07) is 15.3. The maximum atomic E-state index is 12.9. The van der Waals surface area contributed by atoms with Gasteiger partial charge < -0.3 is 14.8 Å². The summed E-state index contributed by atoms with van der Waals surface area (Å²) in [5.41, 5.74) is 2.13. The molecule has 0 unspecified atom stereocenters. The summed E-state index contributed by atoms with van der Waals surface area (Å²) in [6.07, 6.45) is 1.52. The zero-order chi connectivity index (χ0) is 20.1. The van der Waals surface area contributed by atoms with Gasteiger partial charge in [0.15, 0.2) is 17.3 Å². The molecule has 0 fully saturated rings. The van der Waals surface area contributed by atoms with Crippen molar-refractivity contribution in [1.82, 2.24) is 4.98 Å².